The number of carbonyl (C=O) groups excluding carboxylic acids is 2. The van der Waals surface area contributed by atoms with E-state index in [2.05, 4.69) is 15.3 Å². The molecular weight excluding hydrogens is 354 g/mol. The van der Waals surface area contributed by atoms with Crippen LogP contribution < -0.4 is 10.1 Å². The third kappa shape index (κ3) is 4.17. The molecule has 0 atom stereocenters. The van der Waals surface area contributed by atoms with E-state index in [0.29, 0.717) is 22.3 Å². The van der Waals surface area contributed by atoms with Crippen molar-refractivity contribution in [1.29, 1.82) is 0 Å². The molecule has 0 aliphatic rings. The summed E-state index contributed by atoms with van der Waals surface area (Å²) in [5.41, 5.74) is 4.76. The highest BCUT2D eigenvalue weighted by atomic mass is 16.5. The fraction of sp³-hybridized carbons (Fsp3) is 0.273. The predicted molar refractivity (Wildman–Crippen MR) is 109 cm³/mol. The van der Waals surface area contributed by atoms with E-state index < -0.39 is 5.91 Å². The molecule has 0 radical (unpaired) electrons. The van der Waals surface area contributed by atoms with Crippen molar-refractivity contribution in [2.24, 2.45) is 0 Å². The number of ketones is 1. The van der Waals surface area contributed by atoms with Crippen LogP contribution in [-0.4, -0.2) is 27.8 Å². The van der Waals surface area contributed by atoms with Crippen LogP contribution in [0.3, 0.4) is 0 Å². The molecular formula is C22H23N3O3. The first-order valence-electron chi connectivity index (χ1n) is 9.12. The van der Waals surface area contributed by atoms with E-state index in [4.69, 9.17) is 4.74 Å². The highest BCUT2D eigenvalue weighted by Crippen LogP contribution is 2.24. The van der Waals surface area contributed by atoms with Crippen molar-refractivity contribution in [3.05, 3.63) is 58.8 Å². The van der Waals surface area contributed by atoms with Crippen LogP contribution in [0.15, 0.2) is 36.4 Å². The van der Waals surface area contributed by atoms with Gasteiger partial charge in [0.15, 0.2) is 11.5 Å². The van der Waals surface area contributed by atoms with Gasteiger partial charge >= 0.3 is 0 Å². The number of benzene rings is 2. The van der Waals surface area contributed by atoms with E-state index in [9.17, 15) is 9.59 Å². The van der Waals surface area contributed by atoms with Crippen molar-refractivity contribution < 1.29 is 14.3 Å². The number of carbonyl (C=O) groups is 2. The lowest BCUT2D eigenvalue weighted by atomic mass is 10.1. The van der Waals surface area contributed by atoms with Gasteiger partial charge in [0, 0.05) is 11.3 Å². The molecule has 0 spiro atoms. The van der Waals surface area contributed by atoms with Crippen LogP contribution in [0.1, 0.15) is 52.7 Å². The third-order valence-corrected chi connectivity index (χ3v) is 4.36. The monoisotopic (exact) mass is 377 g/mol. The molecule has 1 aromatic heterocycles. The van der Waals surface area contributed by atoms with Crippen molar-refractivity contribution in [3.8, 4) is 5.88 Å². The lowest BCUT2D eigenvalue weighted by molar-refractivity contribution is 0.100. The summed E-state index contributed by atoms with van der Waals surface area (Å²) < 4.78 is 5.75. The summed E-state index contributed by atoms with van der Waals surface area (Å²) in [6.45, 7) is 9.23. The van der Waals surface area contributed by atoms with Crippen LogP contribution >= 0.6 is 0 Å². The predicted octanol–water partition coefficient (Wildman–Crippen LogP) is 4.49. The topological polar surface area (TPSA) is 81.2 Å². The molecule has 0 aliphatic heterocycles. The molecule has 3 aromatic rings. The van der Waals surface area contributed by atoms with E-state index >= 15 is 0 Å². The lowest BCUT2D eigenvalue weighted by Crippen LogP contribution is -2.18. The van der Waals surface area contributed by atoms with Gasteiger partial charge in [0.25, 0.3) is 5.91 Å². The van der Waals surface area contributed by atoms with Gasteiger partial charge < -0.3 is 10.1 Å². The molecule has 0 unspecified atom stereocenters. The van der Waals surface area contributed by atoms with Gasteiger partial charge in [-0.3, -0.25) is 9.59 Å². The van der Waals surface area contributed by atoms with Gasteiger partial charge in [0.05, 0.1) is 17.1 Å². The number of fused-ring (bicyclic) bond motifs is 1. The average Bonchev–Trinajstić information content (AvgIpc) is 2.62. The number of aryl methyl sites for hydroxylation is 2. The smallest absolute Gasteiger partial charge is 0.279 e. The molecule has 6 heteroatoms. The summed E-state index contributed by atoms with van der Waals surface area (Å²) in [6.07, 6.45) is -0.153. The van der Waals surface area contributed by atoms with Crippen molar-refractivity contribution >= 4 is 28.4 Å². The summed E-state index contributed by atoms with van der Waals surface area (Å²) >= 11 is 0. The minimum Gasteiger partial charge on any atom is -0.473 e. The first-order chi connectivity index (χ1) is 13.2. The van der Waals surface area contributed by atoms with Gasteiger partial charge in [-0.25, -0.2) is 9.97 Å². The number of hydrogen-bond acceptors (Lipinski definition) is 5. The number of nitrogens with zero attached hydrogens (tertiary/aromatic N) is 2. The number of hydrogen-bond donors (Lipinski definition) is 1. The van der Waals surface area contributed by atoms with Gasteiger partial charge in [-0.2, -0.15) is 0 Å². The van der Waals surface area contributed by atoms with Crippen LogP contribution in [0.5, 0.6) is 5.88 Å². The van der Waals surface area contributed by atoms with Gasteiger partial charge in [-0.1, -0.05) is 0 Å². The third-order valence-electron chi connectivity index (χ3n) is 4.36. The first-order valence-corrected chi connectivity index (χ1v) is 9.12. The maximum absolute atomic E-state index is 12.9. The average molecular weight is 377 g/mol. The zero-order valence-electron chi connectivity index (χ0n) is 16.7. The molecule has 0 saturated carbocycles. The lowest BCUT2D eigenvalue weighted by Gasteiger charge is -2.14. The second-order valence-electron chi connectivity index (χ2n) is 7.06. The largest absolute Gasteiger partial charge is 0.473 e. The Hall–Kier alpha value is -3.28. The second kappa shape index (κ2) is 7.76. The molecule has 2 aromatic carbocycles. The number of nitrogens with one attached hydrogen (secondary N) is 1. The quantitative estimate of drug-likeness (QED) is 0.663. The summed E-state index contributed by atoms with van der Waals surface area (Å²) in [5.74, 6) is -0.251. The van der Waals surface area contributed by atoms with E-state index in [-0.39, 0.29) is 23.5 Å². The molecule has 0 aliphatic carbocycles. The van der Waals surface area contributed by atoms with Crippen LogP contribution in [0.2, 0.25) is 0 Å². The Bertz CT molecular complexity index is 1060. The Morgan fingerprint density at radius 2 is 1.54 bits per heavy atom. The van der Waals surface area contributed by atoms with Crippen LogP contribution in [0, 0.1) is 13.8 Å². The summed E-state index contributed by atoms with van der Waals surface area (Å²) in [7, 11) is 0. The first kappa shape index (κ1) is 19.5. The van der Waals surface area contributed by atoms with Crippen LogP contribution in [0.4, 0.5) is 5.69 Å². The second-order valence-corrected chi connectivity index (χ2v) is 7.06. The molecule has 3 rings (SSSR count). The van der Waals surface area contributed by atoms with Crippen molar-refractivity contribution in [2.75, 3.05) is 5.32 Å². The maximum atomic E-state index is 12.9. The molecule has 0 bridgehead atoms. The number of rotatable bonds is 5. The number of ether oxygens (including phenoxy) is 1. The zero-order chi connectivity index (χ0) is 20.4. The van der Waals surface area contributed by atoms with Crippen LogP contribution in [-0.2, 0) is 0 Å². The molecule has 28 heavy (non-hydrogen) atoms. The normalized spacial score (nSPS) is 10.9. The van der Waals surface area contributed by atoms with Gasteiger partial charge in [0.1, 0.15) is 0 Å². The molecule has 6 nitrogen and oxygen atoms in total. The van der Waals surface area contributed by atoms with Gasteiger partial charge in [0.2, 0.25) is 5.88 Å². The fourth-order valence-electron chi connectivity index (χ4n) is 2.73. The van der Waals surface area contributed by atoms with Gasteiger partial charge in [-0.05, 0) is 82.1 Å². The highest BCUT2D eigenvalue weighted by molar-refractivity contribution is 6.05. The molecule has 1 heterocycles. The Morgan fingerprint density at radius 3 is 2.07 bits per heavy atom. The van der Waals surface area contributed by atoms with Crippen molar-refractivity contribution in [1.82, 2.24) is 9.97 Å². The minimum absolute atomic E-state index is 0.0310. The van der Waals surface area contributed by atoms with E-state index in [1.165, 1.54) is 6.92 Å². The SMILES string of the molecule is CC(=O)c1ccc(NC(=O)c2nc3cc(C)c(C)cc3nc2OC(C)C)cc1. The Labute approximate surface area is 164 Å². The number of aromatic nitrogens is 2. The Balaban J connectivity index is 1.99. The standard InChI is InChI=1S/C22H23N3O3/c1-12(2)28-22-20(24-18-10-13(3)14(4)11-19(18)25-22)21(27)23-17-8-6-16(7-9-17)15(5)26/h6-12H,1-5H3,(H,23,27). The van der Waals surface area contributed by atoms with E-state index in [1.54, 1.807) is 24.3 Å². The van der Waals surface area contributed by atoms with E-state index in [1.807, 2.05) is 39.8 Å². The molecule has 0 fully saturated rings. The summed E-state index contributed by atoms with van der Waals surface area (Å²) in [4.78, 5) is 33.3. The summed E-state index contributed by atoms with van der Waals surface area (Å²) in [6, 6.07) is 10.5. The minimum atomic E-state index is -0.418. The number of Topliss-reactive ketones (excluding diaryl/α,β-unsaturated/α-hetero) is 1. The van der Waals surface area contributed by atoms with Crippen molar-refractivity contribution in [3.63, 3.8) is 0 Å². The highest BCUT2D eigenvalue weighted by Gasteiger charge is 2.20. The Kier molecular flexibility index (Phi) is 5.40. The molecule has 1 amide bonds. The number of anilines is 1. The zero-order valence-corrected chi connectivity index (χ0v) is 16.7. The van der Waals surface area contributed by atoms with Crippen LogP contribution in [0.25, 0.3) is 11.0 Å². The fourth-order valence-corrected chi connectivity index (χ4v) is 2.73. The maximum Gasteiger partial charge on any atom is 0.279 e. The van der Waals surface area contributed by atoms with E-state index in [0.717, 1.165) is 11.1 Å². The Morgan fingerprint density at radius 1 is 0.964 bits per heavy atom. The number of amides is 1. The van der Waals surface area contributed by atoms with Crippen molar-refractivity contribution in [2.45, 2.75) is 40.7 Å². The molecule has 144 valence electrons. The summed E-state index contributed by atoms with van der Waals surface area (Å²) in [5, 5.41) is 2.80. The molecule has 0 saturated heterocycles. The van der Waals surface area contributed by atoms with Gasteiger partial charge in [-0.15, -0.1) is 0 Å². The molecule has 1 N–H and O–H groups in total.